The van der Waals surface area contributed by atoms with Crippen molar-refractivity contribution < 1.29 is 9.84 Å². The number of benzene rings is 2. The lowest BCUT2D eigenvalue weighted by Gasteiger charge is -1.97. The highest BCUT2D eigenvalue weighted by Gasteiger charge is 1.91. The fourth-order valence-electron chi connectivity index (χ4n) is 1.48. The molecule has 2 nitrogen and oxygen atoms in total. The first-order valence-electron chi connectivity index (χ1n) is 5.90. The molecule has 2 aromatic carbocycles. The fraction of sp³-hybridized carbons (Fsp3) is 0.250. The molecule has 0 fully saturated rings. The molecule has 0 saturated carbocycles. The van der Waals surface area contributed by atoms with Crippen molar-refractivity contribution >= 4 is 0 Å². The van der Waals surface area contributed by atoms with Gasteiger partial charge in [0.05, 0.1) is 7.11 Å². The van der Waals surface area contributed by atoms with E-state index >= 15 is 0 Å². The van der Waals surface area contributed by atoms with E-state index in [0.29, 0.717) is 5.75 Å². The van der Waals surface area contributed by atoms with E-state index in [0.717, 1.165) is 11.3 Å². The molecule has 18 heavy (non-hydrogen) atoms. The molecule has 2 aromatic rings. The molecular weight excluding hydrogens is 224 g/mol. The third kappa shape index (κ3) is 4.50. The summed E-state index contributed by atoms with van der Waals surface area (Å²) >= 11 is 0. The summed E-state index contributed by atoms with van der Waals surface area (Å²) in [6, 6.07) is 13.5. The Kier molecular flexibility index (Phi) is 5.25. The van der Waals surface area contributed by atoms with E-state index in [1.165, 1.54) is 11.1 Å². The third-order valence-corrected chi connectivity index (χ3v) is 2.61. The molecule has 0 aliphatic carbocycles. The van der Waals surface area contributed by atoms with Crippen LogP contribution in [0.3, 0.4) is 0 Å². The number of phenols is 1. The van der Waals surface area contributed by atoms with Gasteiger partial charge < -0.3 is 9.84 Å². The molecule has 0 saturated heterocycles. The van der Waals surface area contributed by atoms with Crippen LogP contribution in [0.25, 0.3) is 0 Å². The van der Waals surface area contributed by atoms with Crippen LogP contribution < -0.4 is 4.74 Å². The standard InChI is InChI=1S/2C8H10O/c1-7-3-5-8(9-2)6-4-7;1-6-3-4-8(9)7(2)5-6/h3-6H,1-2H3;3-5,9H,1-2H3. The first-order chi connectivity index (χ1) is 8.52. The highest BCUT2D eigenvalue weighted by atomic mass is 16.5. The van der Waals surface area contributed by atoms with Gasteiger partial charge in [0, 0.05) is 0 Å². The minimum atomic E-state index is 0.376. The van der Waals surface area contributed by atoms with Gasteiger partial charge in [0.25, 0.3) is 0 Å². The minimum absolute atomic E-state index is 0.376. The SMILES string of the molecule is COc1ccc(C)cc1.Cc1ccc(O)c(C)c1. The van der Waals surface area contributed by atoms with E-state index < -0.39 is 0 Å². The predicted molar refractivity (Wildman–Crippen MR) is 75.3 cm³/mol. The van der Waals surface area contributed by atoms with Crippen LogP contribution in [0.4, 0.5) is 0 Å². The summed E-state index contributed by atoms with van der Waals surface area (Å²) in [6.07, 6.45) is 0. The topological polar surface area (TPSA) is 29.5 Å². The van der Waals surface area contributed by atoms with Gasteiger partial charge in [-0.2, -0.15) is 0 Å². The Morgan fingerprint density at radius 1 is 0.833 bits per heavy atom. The second-order valence-electron chi connectivity index (χ2n) is 4.31. The molecule has 1 N–H and O–H groups in total. The van der Waals surface area contributed by atoms with Crippen molar-refractivity contribution in [1.29, 1.82) is 0 Å². The van der Waals surface area contributed by atoms with Crippen molar-refractivity contribution in [2.45, 2.75) is 20.8 Å². The maximum atomic E-state index is 9.04. The molecule has 0 aliphatic rings. The zero-order chi connectivity index (χ0) is 13.5. The van der Waals surface area contributed by atoms with Gasteiger partial charge in [-0.15, -0.1) is 0 Å². The van der Waals surface area contributed by atoms with Crippen LogP contribution in [0, 0.1) is 20.8 Å². The first kappa shape index (κ1) is 14.1. The maximum Gasteiger partial charge on any atom is 0.118 e. The summed E-state index contributed by atoms with van der Waals surface area (Å²) in [5.74, 6) is 1.29. The summed E-state index contributed by atoms with van der Waals surface area (Å²) in [5.41, 5.74) is 3.39. The molecule has 2 heteroatoms. The van der Waals surface area contributed by atoms with E-state index in [9.17, 15) is 0 Å². The summed E-state index contributed by atoms with van der Waals surface area (Å²) in [5, 5.41) is 9.04. The molecule has 96 valence electrons. The van der Waals surface area contributed by atoms with Gasteiger partial charge in [-0.1, -0.05) is 35.4 Å². The van der Waals surface area contributed by atoms with Crippen LogP contribution in [0.15, 0.2) is 42.5 Å². The smallest absolute Gasteiger partial charge is 0.118 e. The van der Waals surface area contributed by atoms with Gasteiger partial charge in [-0.3, -0.25) is 0 Å². The van der Waals surface area contributed by atoms with Crippen molar-refractivity contribution in [3.63, 3.8) is 0 Å². The highest BCUT2D eigenvalue weighted by Crippen LogP contribution is 2.15. The summed E-state index contributed by atoms with van der Waals surface area (Å²) in [4.78, 5) is 0. The molecule has 2 rings (SSSR count). The number of hydrogen-bond acceptors (Lipinski definition) is 2. The number of hydrogen-bond donors (Lipinski definition) is 1. The van der Waals surface area contributed by atoms with Crippen molar-refractivity contribution in [2.75, 3.05) is 7.11 Å². The summed E-state index contributed by atoms with van der Waals surface area (Å²) < 4.78 is 4.97. The van der Waals surface area contributed by atoms with Crippen molar-refractivity contribution in [3.05, 3.63) is 59.2 Å². The lowest BCUT2D eigenvalue weighted by molar-refractivity contribution is 0.414. The van der Waals surface area contributed by atoms with Crippen LogP contribution in [0.5, 0.6) is 11.5 Å². The molecule has 0 spiro atoms. The monoisotopic (exact) mass is 244 g/mol. The van der Waals surface area contributed by atoms with Crippen molar-refractivity contribution in [3.8, 4) is 11.5 Å². The van der Waals surface area contributed by atoms with Crippen molar-refractivity contribution in [2.24, 2.45) is 0 Å². The zero-order valence-corrected chi connectivity index (χ0v) is 11.4. The van der Waals surface area contributed by atoms with Gasteiger partial charge in [0.15, 0.2) is 0 Å². The average molecular weight is 244 g/mol. The lowest BCUT2D eigenvalue weighted by Crippen LogP contribution is -1.80. The van der Waals surface area contributed by atoms with E-state index in [4.69, 9.17) is 9.84 Å². The Labute approximate surface area is 109 Å². The number of aromatic hydroxyl groups is 1. The Morgan fingerprint density at radius 2 is 1.39 bits per heavy atom. The number of phenolic OH excluding ortho intramolecular Hbond substituents is 1. The number of aryl methyl sites for hydroxylation is 3. The van der Waals surface area contributed by atoms with Gasteiger partial charge in [-0.25, -0.2) is 0 Å². The maximum absolute atomic E-state index is 9.04. The average Bonchev–Trinajstić information content (AvgIpc) is 2.36. The zero-order valence-electron chi connectivity index (χ0n) is 11.4. The van der Waals surface area contributed by atoms with Crippen LogP contribution in [0.1, 0.15) is 16.7 Å². The van der Waals surface area contributed by atoms with Crippen molar-refractivity contribution in [1.82, 2.24) is 0 Å². The van der Waals surface area contributed by atoms with Crippen LogP contribution in [-0.2, 0) is 0 Å². The van der Waals surface area contributed by atoms with Gasteiger partial charge in [0.1, 0.15) is 11.5 Å². The van der Waals surface area contributed by atoms with Crippen LogP contribution in [0.2, 0.25) is 0 Å². The Hall–Kier alpha value is -1.96. The van der Waals surface area contributed by atoms with Gasteiger partial charge >= 0.3 is 0 Å². The van der Waals surface area contributed by atoms with E-state index in [1.807, 2.05) is 50.2 Å². The number of ether oxygens (including phenoxy) is 1. The molecular formula is C16H20O2. The molecule has 0 bridgehead atoms. The van der Waals surface area contributed by atoms with Gasteiger partial charge in [0.2, 0.25) is 0 Å². The predicted octanol–water partition coefficient (Wildman–Crippen LogP) is 4.01. The molecule has 0 aliphatic heterocycles. The summed E-state index contributed by atoms with van der Waals surface area (Å²) in [6.45, 7) is 5.95. The Balaban J connectivity index is 0.000000180. The normalized spacial score (nSPS) is 9.33. The molecule has 0 atom stereocenters. The molecule has 0 unspecified atom stereocenters. The second-order valence-corrected chi connectivity index (χ2v) is 4.31. The van der Waals surface area contributed by atoms with E-state index in [2.05, 4.69) is 6.92 Å². The minimum Gasteiger partial charge on any atom is -0.508 e. The molecule has 0 heterocycles. The lowest BCUT2D eigenvalue weighted by atomic mass is 10.1. The molecule has 0 aromatic heterocycles. The van der Waals surface area contributed by atoms with Gasteiger partial charge in [-0.05, 0) is 44.5 Å². The highest BCUT2D eigenvalue weighted by molar-refractivity contribution is 5.34. The quantitative estimate of drug-likeness (QED) is 0.821. The van der Waals surface area contributed by atoms with E-state index in [-0.39, 0.29) is 0 Å². The van der Waals surface area contributed by atoms with Crippen LogP contribution in [-0.4, -0.2) is 12.2 Å². The summed E-state index contributed by atoms with van der Waals surface area (Å²) in [7, 11) is 1.67. The largest absolute Gasteiger partial charge is 0.508 e. The third-order valence-electron chi connectivity index (χ3n) is 2.61. The molecule has 0 radical (unpaired) electrons. The molecule has 0 amide bonds. The Morgan fingerprint density at radius 3 is 1.83 bits per heavy atom. The number of rotatable bonds is 1. The van der Waals surface area contributed by atoms with E-state index in [1.54, 1.807) is 13.2 Å². The first-order valence-corrected chi connectivity index (χ1v) is 5.90. The Bertz CT molecular complexity index is 487. The second kappa shape index (κ2) is 6.70. The van der Waals surface area contributed by atoms with Crippen LogP contribution >= 0.6 is 0 Å². The fourth-order valence-corrected chi connectivity index (χ4v) is 1.48. The number of methoxy groups -OCH3 is 1.